The molecule has 0 saturated heterocycles. The van der Waals surface area contributed by atoms with Crippen molar-refractivity contribution >= 4 is 11.7 Å². The van der Waals surface area contributed by atoms with Crippen LogP contribution in [-0.2, 0) is 10.2 Å². The van der Waals surface area contributed by atoms with Crippen LogP contribution in [0, 0.1) is 0 Å². The lowest BCUT2D eigenvalue weighted by molar-refractivity contribution is -0.135. The van der Waals surface area contributed by atoms with Crippen LogP contribution >= 0.6 is 0 Å². The van der Waals surface area contributed by atoms with Gasteiger partial charge in [-0.05, 0) is 43.9 Å². The van der Waals surface area contributed by atoms with Gasteiger partial charge in [0.25, 0.3) is 0 Å². The monoisotopic (exact) mass is 263 g/mol. The quantitative estimate of drug-likeness (QED) is 0.904. The Bertz CT molecular complexity index is 435. The molecule has 0 atom stereocenters. The lowest BCUT2D eigenvalue weighted by atomic mass is 9.87. The van der Waals surface area contributed by atoms with E-state index in [1.165, 1.54) is 5.56 Å². The van der Waals surface area contributed by atoms with Crippen molar-refractivity contribution in [2.75, 3.05) is 11.4 Å². The van der Waals surface area contributed by atoms with Gasteiger partial charge in [-0.2, -0.15) is 0 Å². The van der Waals surface area contributed by atoms with Crippen LogP contribution < -0.4 is 4.90 Å². The van der Waals surface area contributed by atoms with Crippen molar-refractivity contribution in [3.63, 3.8) is 0 Å². The number of nitrogens with zero attached hydrogens (tertiary/aromatic N) is 1. The first-order chi connectivity index (χ1) is 8.51. The molecule has 1 rings (SSSR count). The number of benzene rings is 1. The van der Waals surface area contributed by atoms with Gasteiger partial charge in [0.1, 0.15) is 6.54 Å². The molecule has 0 saturated carbocycles. The van der Waals surface area contributed by atoms with Gasteiger partial charge in [-0.25, -0.2) is 0 Å². The van der Waals surface area contributed by atoms with Gasteiger partial charge < -0.3 is 10.0 Å². The highest BCUT2D eigenvalue weighted by molar-refractivity contribution is 5.74. The van der Waals surface area contributed by atoms with Crippen molar-refractivity contribution in [1.82, 2.24) is 0 Å². The van der Waals surface area contributed by atoms with Gasteiger partial charge in [-0.1, -0.05) is 32.9 Å². The van der Waals surface area contributed by atoms with Crippen LogP contribution in [-0.4, -0.2) is 23.2 Å². The highest BCUT2D eigenvalue weighted by Gasteiger charge is 2.24. The summed E-state index contributed by atoms with van der Waals surface area (Å²) in [5.41, 5.74) is 2.09. The molecular formula is C16H25NO2. The molecule has 0 radical (unpaired) electrons. The second-order valence-electron chi connectivity index (χ2n) is 6.95. The molecule has 0 bridgehead atoms. The molecule has 0 fully saturated rings. The van der Waals surface area contributed by atoms with E-state index in [-0.39, 0.29) is 17.5 Å². The Morgan fingerprint density at radius 3 is 1.84 bits per heavy atom. The molecule has 0 spiro atoms. The highest BCUT2D eigenvalue weighted by Crippen LogP contribution is 2.28. The number of hydrogen-bond donors (Lipinski definition) is 1. The maximum Gasteiger partial charge on any atom is 0.323 e. The van der Waals surface area contributed by atoms with Crippen LogP contribution in [0.3, 0.4) is 0 Å². The normalized spacial score (nSPS) is 12.3. The molecule has 0 aliphatic rings. The van der Waals surface area contributed by atoms with Crippen LogP contribution in [0.5, 0.6) is 0 Å². The van der Waals surface area contributed by atoms with E-state index in [0.717, 1.165) is 5.69 Å². The van der Waals surface area contributed by atoms with Gasteiger partial charge in [-0.15, -0.1) is 0 Å². The van der Waals surface area contributed by atoms with E-state index in [1.54, 1.807) is 0 Å². The lowest BCUT2D eigenvalue weighted by Gasteiger charge is -2.36. The molecule has 0 aliphatic carbocycles. The van der Waals surface area contributed by atoms with Crippen molar-refractivity contribution in [3.05, 3.63) is 29.8 Å². The predicted octanol–water partition coefficient (Wildman–Crippen LogP) is 3.67. The molecule has 19 heavy (non-hydrogen) atoms. The van der Waals surface area contributed by atoms with E-state index in [9.17, 15) is 4.79 Å². The molecular weight excluding hydrogens is 238 g/mol. The molecule has 3 heteroatoms. The summed E-state index contributed by atoms with van der Waals surface area (Å²) < 4.78 is 0. The van der Waals surface area contributed by atoms with Crippen molar-refractivity contribution in [1.29, 1.82) is 0 Å². The fourth-order valence-corrected chi connectivity index (χ4v) is 1.99. The van der Waals surface area contributed by atoms with Crippen molar-refractivity contribution < 1.29 is 9.90 Å². The number of aliphatic carboxylic acids is 1. The Morgan fingerprint density at radius 1 is 1.05 bits per heavy atom. The molecule has 0 aromatic heterocycles. The zero-order chi connectivity index (χ0) is 14.8. The first-order valence-electron chi connectivity index (χ1n) is 6.62. The van der Waals surface area contributed by atoms with Crippen LogP contribution in [0.25, 0.3) is 0 Å². The summed E-state index contributed by atoms with van der Waals surface area (Å²) in [4.78, 5) is 12.9. The topological polar surface area (TPSA) is 40.5 Å². The van der Waals surface area contributed by atoms with Crippen LogP contribution in [0.1, 0.15) is 47.1 Å². The number of carboxylic acids is 1. The minimum atomic E-state index is -0.810. The van der Waals surface area contributed by atoms with Crippen LogP contribution in [0.4, 0.5) is 5.69 Å². The fourth-order valence-electron chi connectivity index (χ4n) is 1.99. The van der Waals surface area contributed by atoms with Crippen molar-refractivity contribution in [2.24, 2.45) is 0 Å². The number of hydrogen-bond acceptors (Lipinski definition) is 2. The molecule has 3 nitrogen and oxygen atoms in total. The van der Waals surface area contributed by atoms with E-state index in [4.69, 9.17) is 5.11 Å². The Kier molecular flexibility index (Phi) is 4.28. The minimum absolute atomic E-state index is 0.0123. The van der Waals surface area contributed by atoms with E-state index in [0.29, 0.717) is 0 Å². The summed E-state index contributed by atoms with van der Waals surface area (Å²) in [6, 6.07) is 8.18. The SMILES string of the molecule is CC(C)(C)c1ccc(N(CC(=O)O)C(C)(C)C)cc1. The number of carboxylic acid groups (broad SMARTS) is 1. The summed E-state index contributed by atoms with van der Waals surface area (Å²) in [6.45, 7) is 12.6. The van der Waals surface area contributed by atoms with E-state index in [2.05, 4.69) is 32.9 Å². The number of carbonyl (C=O) groups is 1. The third-order valence-electron chi connectivity index (χ3n) is 3.15. The zero-order valence-electron chi connectivity index (χ0n) is 12.8. The molecule has 0 heterocycles. The van der Waals surface area contributed by atoms with Crippen LogP contribution in [0.2, 0.25) is 0 Å². The summed E-state index contributed by atoms with van der Waals surface area (Å²) in [6.07, 6.45) is 0. The lowest BCUT2D eigenvalue weighted by Crippen LogP contribution is -2.44. The molecule has 1 aromatic rings. The first kappa shape index (κ1) is 15.5. The molecule has 106 valence electrons. The predicted molar refractivity (Wildman–Crippen MR) is 79.9 cm³/mol. The number of rotatable bonds is 3. The Labute approximate surface area is 116 Å². The summed E-state index contributed by atoms with van der Waals surface area (Å²) >= 11 is 0. The second kappa shape index (κ2) is 5.24. The standard InChI is InChI=1S/C16H25NO2/c1-15(2,3)12-7-9-13(10-8-12)17(11-14(18)19)16(4,5)6/h7-10H,11H2,1-6H3,(H,18,19). The van der Waals surface area contributed by atoms with Gasteiger partial charge in [0, 0.05) is 11.2 Å². The molecule has 0 amide bonds. The maximum absolute atomic E-state index is 11.0. The second-order valence-corrected chi connectivity index (χ2v) is 6.95. The molecule has 0 unspecified atom stereocenters. The van der Waals surface area contributed by atoms with Gasteiger partial charge in [-0.3, -0.25) is 4.79 Å². The van der Waals surface area contributed by atoms with Gasteiger partial charge >= 0.3 is 5.97 Å². The third kappa shape index (κ3) is 4.27. The molecule has 1 aromatic carbocycles. The summed E-state index contributed by atoms with van der Waals surface area (Å²) in [5.74, 6) is -0.810. The van der Waals surface area contributed by atoms with Gasteiger partial charge in [0.15, 0.2) is 0 Å². The fraction of sp³-hybridized carbons (Fsp3) is 0.562. The number of anilines is 1. The van der Waals surface area contributed by atoms with Crippen molar-refractivity contribution in [3.8, 4) is 0 Å². The largest absolute Gasteiger partial charge is 0.480 e. The minimum Gasteiger partial charge on any atom is -0.480 e. The Morgan fingerprint density at radius 2 is 1.53 bits per heavy atom. The Balaban J connectivity index is 3.08. The summed E-state index contributed by atoms with van der Waals surface area (Å²) in [7, 11) is 0. The van der Waals surface area contributed by atoms with Crippen LogP contribution in [0.15, 0.2) is 24.3 Å². The van der Waals surface area contributed by atoms with E-state index in [1.807, 2.05) is 37.8 Å². The maximum atomic E-state index is 11.0. The third-order valence-corrected chi connectivity index (χ3v) is 3.15. The molecule has 1 N–H and O–H groups in total. The van der Waals surface area contributed by atoms with Crippen molar-refractivity contribution in [2.45, 2.75) is 52.5 Å². The van der Waals surface area contributed by atoms with Gasteiger partial charge in [0.05, 0.1) is 0 Å². The molecule has 0 aliphatic heterocycles. The zero-order valence-corrected chi connectivity index (χ0v) is 12.8. The van der Waals surface area contributed by atoms with E-state index >= 15 is 0 Å². The highest BCUT2D eigenvalue weighted by atomic mass is 16.4. The summed E-state index contributed by atoms with van der Waals surface area (Å²) in [5, 5.41) is 9.05. The van der Waals surface area contributed by atoms with E-state index < -0.39 is 5.97 Å². The first-order valence-corrected chi connectivity index (χ1v) is 6.62. The Hall–Kier alpha value is -1.51. The smallest absolute Gasteiger partial charge is 0.323 e. The van der Waals surface area contributed by atoms with Gasteiger partial charge in [0.2, 0.25) is 0 Å². The average molecular weight is 263 g/mol. The average Bonchev–Trinajstić information content (AvgIpc) is 2.23.